The normalized spacial score (nSPS) is 10.6. The average Bonchev–Trinajstić information content (AvgIpc) is 3.24. The summed E-state index contributed by atoms with van der Waals surface area (Å²) in [6.45, 7) is 3.18. The number of hydrogen-bond acceptors (Lipinski definition) is 4. The maximum atomic E-state index is 12.3. The van der Waals surface area contributed by atoms with Crippen molar-refractivity contribution in [1.29, 1.82) is 0 Å². The molecule has 3 aromatic rings. The van der Waals surface area contributed by atoms with E-state index in [9.17, 15) is 4.79 Å². The molecule has 0 saturated heterocycles. The van der Waals surface area contributed by atoms with Gasteiger partial charge in [-0.25, -0.2) is 0 Å². The van der Waals surface area contributed by atoms with E-state index in [0.717, 1.165) is 11.3 Å². The van der Waals surface area contributed by atoms with Gasteiger partial charge in [-0.3, -0.25) is 14.2 Å². The van der Waals surface area contributed by atoms with E-state index in [1.807, 2.05) is 31.2 Å². The third kappa shape index (κ3) is 3.45. The van der Waals surface area contributed by atoms with Crippen LogP contribution in [0.1, 0.15) is 23.0 Å². The van der Waals surface area contributed by atoms with Gasteiger partial charge < -0.3 is 10.1 Å². The van der Waals surface area contributed by atoms with E-state index in [2.05, 4.69) is 15.5 Å². The van der Waals surface area contributed by atoms with Gasteiger partial charge >= 0.3 is 0 Å². The molecule has 0 aliphatic carbocycles. The standard InChI is InChI=1S/C17H19N5O2/c1-3-22-16(7-8-18-22)17(23)20-14-10-19-21(12-14)11-13-5-4-6-15(9-13)24-2/h4-10,12H,3,11H2,1-2H3,(H,20,23). The third-order valence-corrected chi connectivity index (χ3v) is 3.62. The van der Waals surface area contributed by atoms with Gasteiger partial charge in [0.05, 0.1) is 25.5 Å². The van der Waals surface area contributed by atoms with Gasteiger partial charge in [-0.15, -0.1) is 0 Å². The first-order chi connectivity index (χ1) is 11.7. The first-order valence-electron chi connectivity index (χ1n) is 7.68. The van der Waals surface area contributed by atoms with Crippen molar-refractivity contribution in [2.45, 2.75) is 20.0 Å². The summed E-state index contributed by atoms with van der Waals surface area (Å²) in [6.07, 6.45) is 5.04. The van der Waals surface area contributed by atoms with Crippen molar-refractivity contribution < 1.29 is 9.53 Å². The minimum Gasteiger partial charge on any atom is -0.497 e. The summed E-state index contributed by atoms with van der Waals surface area (Å²) in [7, 11) is 1.64. The van der Waals surface area contributed by atoms with Gasteiger partial charge in [-0.1, -0.05) is 12.1 Å². The number of rotatable bonds is 6. The Labute approximate surface area is 139 Å². The van der Waals surface area contributed by atoms with E-state index in [-0.39, 0.29) is 5.91 Å². The number of ether oxygens (including phenoxy) is 1. The number of carbonyl (C=O) groups is 1. The van der Waals surface area contributed by atoms with Crippen LogP contribution in [0.2, 0.25) is 0 Å². The molecule has 0 spiro atoms. The van der Waals surface area contributed by atoms with Gasteiger partial charge in [0.25, 0.3) is 5.91 Å². The van der Waals surface area contributed by atoms with Crippen LogP contribution in [0.3, 0.4) is 0 Å². The van der Waals surface area contributed by atoms with Crippen LogP contribution in [0.4, 0.5) is 5.69 Å². The number of nitrogens with zero attached hydrogens (tertiary/aromatic N) is 4. The maximum absolute atomic E-state index is 12.3. The number of methoxy groups -OCH3 is 1. The van der Waals surface area contributed by atoms with Crippen molar-refractivity contribution in [2.24, 2.45) is 0 Å². The molecule has 1 amide bonds. The molecular formula is C17H19N5O2. The lowest BCUT2D eigenvalue weighted by atomic mass is 10.2. The molecule has 2 aromatic heterocycles. The van der Waals surface area contributed by atoms with Crippen LogP contribution in [0.15, 0.2) is 48.9 Å². The molecule has 2 heterocycles. The highest BCUT2D eigenvalue weighted by Crippen LogP contribution is 2.15. The average molecular weight is 325 g/mol. The zero-order valence-corrected chi connectivity index (χ0v) is 13.6. The van der Waals surface area contributed by atoms with Crippen LogP contribution in [0.25, 0.3) is 0 Å². The molecule has 0 aliphatic rings. The predicted molar refractivity (Wildman–Crippen MR) is 90.2 cm³/mol. The van der Waals surface area contributed by atoms with E-state index in [0.29, 0.717) is 24.5 Å². The summed E-state index contributed by atoms with van der Waals surface area (Å²) < 4.78 is 8.63. The summed E-state index contributed by atoms with van der Waals surface area (Å²) in [4.78, 5) is 12.3. The lowest BCUT2D eigenvalue weighted by molar-refractivity contribution is 0.101. The molecule has 0 atom stereocenters. The first kappa shape index (κ1) is 15.8. The summed E-state index contributed by atoms with van der Waals surface area (Å²) in [6, 6.07) is 9.49. The minimum absolute atomic E-state index is 0.199. The van der Waals surface area contributed by atoms with Crippen LogP contribution >= 0.6 is 0 Å². The molecule has 7 nitrogen and oxygen atoms in total. The molecule has 0 fully saturated rings. The van der Waals surface area contributed by atoms with E-state index in [4.69, 9.17) is 4.74 Å². The summed E-state index contributed by atoms with van der Waals surface area (Å²) in [5.41, 5.74) is 2.24. The fourth-order valence-corrected chi connectivity index (χ4v) is 2.45. The van der Waals surface area contributed by atoms with Crippen molar-refractivity contribution in [1.82, 2.24) is 19.6 Å². The van der Waals surface area contributed by atoms with E-state index in [1.165, 1.54) is 0 Å². The van der Waals surface area contributed by atoms with Crippen molar-refractivity contribution in [3.05, 3.63) is 60.2 Å². The Morgan fingerprint density at radius 3 is 2.96 bits per heavy atom. The molecule has 0 radical (unpaired) electrons. The fraction of sp³-hybridized carbons (Fsp3) is 0.235. The summed E-state index contributed by atoms with van der Waals surface area (Å²) >= 11 is 0. The number of aromatic nitrogens is 4. The van der Waals surface area contributed by atoms with Crippen LogP contribution in [0, 0.1) is 0 Å². The zero-order chi connectivity index (χ0) is 16.9. The lowest BCUT2D eigenvalue weighted by Crippen LogP contribution is -2.17. The Morgan fingerprint density at radius 1 is 1.29 bits per heavy atom. The second-order valence-corrected chi connectivity index (χ2v) is 5.26. The zero-order valence-electron chi connectivity index (χ0n) is 13.6. The number of nitrogens with one attached hydrogen (secondary N) is 1. The van der Waals surface area contributed by atoms with Crippen molar-refractivity contribution in [3.8, 4) is 5.75 Å². The van der Waals surface area contributed by atoms with Crippen molar-refractivity contribution >= 4 is 11.6 Å². The van der Waals surface area contributed by atoms with Crippen LogP contribution in [-0.4, -0.2) is 32.6 Å². The Morgan fingerprint density at radius 2 is 2.17 bits per heavy atom. The molecule has 1 N–H and O–H groups in total. The van der Waals surface area contributed by atoms with Crippen LogP contribution in [0.5, 0.6) is 5.75 Å². The molecule has 0 aliphatic heterocycles. The van der Waals surface area contributed by atoms with Crippen LogP contribution < -0.4 is 10.1 Å². The van der Waals surface area contributed by atoms with E-state index in [1.54, 1.807) is 41.1 Å². The first-order valence-corrected chi connectivity index (χ1v) is 7.68. The van der Waals surface area contributed by atoms with Gasteiger partial charge in [0.15, 0.2) is 0 Å². The largest absolute Gasteiger partial charge is 0.497 e. The Balaban J connectivity index is 1.68. The highest BCUT2D eigenvalue weighted by molar-refractivity contribution is 6.02. The summed E-state index contributed by atoms with van der Waals surface area (Å²) in [5.74, 6) is 0.608. The van der Waals surface area contributed by atoms with E-state index < -0.39 is 0 Å². The fourth-order valence-electron chi connectivity index (χ4n) is 2.45. The molecule has 124 valence electrons. The number of amides is 1. The van der Waals surface area contributed by atoms with Crippen molar-refractivity contribution in [2.75, 3.05) is 12.4 Å². The highest BCUT2D eigenvalue weighted by Gasteiger charge is 2.12. The quantitative estimate of drug-likeness (QED) is 0.755. The monoisotopic (exact) mass is 325 g/mol. The molecule has 24 heavy (non-hydrogen) atoms. The van der Waals surface area contributed by atoms with Gasteiger partial charge in [-0.05, 0) is 30.7 Å². The molecule has 0 unspecified atom stereocenters. The van der Waals surface area contributed by atoms with Gasteiger partial charge in [0, 0.05) is 18.9 Å². The number of benzene rings is 1. The minimum atomic E-state index is -0.199. The van der Waals surface area contributed by atoms with Gasteiger partial charge in [0.2, 0.25) is 0 Å². The second-order valence-electron chi connectivity index (χ2n) is 5.26. The molecule has 0 saturated carbocycles. The molecule has 1 aromatic carbocycles. The predicted octanol–water partition coefficient (Wildman–Crippen LogP) is 2.41. The number of anilines is 1. The van der Waals surface area contributed by atoms with Gasteiger partial charge in [0.1, 0.15) is 11.4 Å². The highest BCUT2D eigenvalue weighted by atomic mass is 16.5. The Hall–Kier alpha value is -3.09. The SMILES string of the molecule is CCn1nccc1C(=O)Nc1cnn(Cc2cccc(OC)c2)c1. The number of carbonyl (C=O) groups excluding carboxylic acids is 1. The molecule has 7 heteroatoms. The third-order valence-electron chi connectivity index (χ3n) is 3.62. The topological polar surface area (TPSA) is 74.0 Å². The van der Waals surface area contributed by atoms with Crippen LogP contribution in [-0.2, 0) is 13.1 Å². The summed E-state index contributed by atoms with van der Waals surface area (Å²) in [5, 5.41) is 11.2. The number of aryl methyl sites for hydroxylation is 1. The Kier molecular flexibility index (Phi) is 4.60. The molecular weight excluding hydrogens is 306 g/mol. The lowest BCUT2D eigenvalue weighted by Gasteiger charge is -2.05. The van der Waals surface area contributed by atoms with E-state index >= 15 is 0 Å². The smallest absolute Gasteiger partial charge is 0.274 e. The second kappa shape index (κ2) is 6.99. The van der Waals surface area contributed by atoms with Crippen molar-refractivity contribution in [3.63, 3.8) is 0 Å². The Bertz CT molecular complexity index is 837. The molecule has 3 rings (SSSR count). The maximum Gasteiger partial charge on any atom is 0.274 e. The molecule has 0 bridgehead atoms. The number of hydrogen-bond donors (Lipinski definition) is 1. The van der Waals surface area contributed by atoms with Gasteiger partial charge in [-0.2, -0.15) is 10.2 Å².